The third kappa shape index (κ3) is 10.2. The number of allylic oxidation sites excluding steroid dienone is 1. The van der Waals surface area contributed by atoms with Gasteiger partial charge in [-0.2, -0.15) is 0 Å². The van der Waals surface area contributed by atoms with E-state index in [0.29, 0.717) is 16.4 Å². The van der Waals surface area contributed by atoms with Crippen molar-refractivity contribution in [1.82, 2.24) is 0 Å². The summed E-state index contributed by atoms with van der Waals surface area (Å²) in [6, 6.07) is 0. The number of fused-ring (bicyclic) bond motifs is 5. The number of hydrogen-bond acceptors (Lipinski definition) is 6. The number of esters is 3. The molecule has 270 valence electrons. The molecule has 4 rings (SSSR count). The number of rotatable bonds is 14. The Balaban J connectivity index is 0.00000600. The number of ether oxygens (including phenoxy) is 3. The van der Waals surface area contributed by atoms with Crippen molar-refractivity contribution >= 4 is 17.9 Å². The molecule has 0 aromatic rings. The largest absolute Gasteiger partial charge is 1.00 e. The molecule has 0 aromatic heterocycles. The lowest BCUT2D eigenvalue weighted by Crippen LogP contribution is -3.00. The lowest BCUT2D eigenvalue weighted by Gasteiger charge is -2.58. The Morgan fingerprint density at radius 3 is 2.30 bits per heavy atom. The predicted octanol–water partition coefficient (Wildman–Crippen LogP) is 4.90. The maximum atomic E-state index is 12.8. The van der Waals surface area contributed by atoms with Gasteiger partial charge in [0.25, 0.3) is 0 Å². The molecular weight excluding hydrogens is 705 g/mol. The van der Waals surface area contributed by atoms with Crippen molar-refractivity contribution in [2.75, 3.05) is 34.3 Å². The maximum Gasteiger partial charge on any atom is 0.306 e. The predicted molar refractivity (Wildman–Crippen MR) is 182 cm³/mol. The van der Waals surface area contributed by atoms with Gasteiger partial charge in [0.05, 0.1) is 34.0 Å². The van der Waals surface area contributed by atoms with Gasteiger partial charge in [-0.15, -0.1) is 0 Å². The summed E-state index contributed by atoms with van der Waals surface area (Å²) in [7, 11) is 5.95. The number of hydrogen-bond donors (Lipinski definition) is 0. The molecule has 8 heteroatoms. The average molecular weight is 772 g/mol. The van der Waals surface area contributed by atoms with Crippen molar-refractivity contribution in [2.45, 2.75) is 137 Å². The SMILES string of the molecule is CC(=O)OC(COC(=O)CCC(=O)O[C@H]1CC[C@@]2(C)C(=CC[C@H]3[C@@H]4CC[C@H]([C@H](C)CCCC(C)C)[C@@]4(C)CC[C@@H]32)C1)C[N+](C)(C)C.[I-]. The smallest absolute Gasteiger partial charge is 0.306 e. The van der Waals surface area contributed by atoms with Crippen LogP contribution in [0.25, 0.3) is 0 Å². The van der Waals surface area contributed by atoms with E-state index in [1.165, 1.54) is 63.9 Å². The Morgan fingerprint density at radius 1 is 0.936 bits per heavy atom. The van der Waals surface area contributed by atoms with E-state index in [1.807, 2.05) is 21.1 Å². The van der Waals surface area contributed by atoms with Crippen LogP contribution in [0.3, 0.4) is 0 Å². The quantitative estimate of drug-likeness (QED) is 0.0823. The van der Waals surface area contributed by atoms with Crippen LogP contribution >= 0.6 is 0 Å². The van der Waals surface area contributed by atoms with E-state index in [-0.39, 0.29) is 60.9 Å². The minimum absolute atomic E-state index is 0. The van der Waals surface area contributed by atoms with Crippen LogP contribution in [0.4, 0.5) is 0 Å². The lowest BCUT2D eigenvalue weighted by atomic mass is 9.47. The van der Waals surface area contributed by atoms with Crippen molar-refractivity contribution in [3.05, 3.63) is 11.6 Å². The van der Waals surface area contributed by atoms with Crippen LogP contribution in [0, 0.1) is 46.3 Å². The Hall–Kier alpha value is -1.16. The minimum atomic E-state index is -0.524. The van der Waals surface area contributed by atoms with Gasteiger partial charge in [-0.05, 0) is 91.3 Å². The van der Waals surface area contributed by atoms with Gasteiger partial charge in [0.15, 0.2) is 6.10 Å². The molecule has 0 bridgehead atoms. The molecule has 0 amide bonds. The van der Waals surface area contributed by atoms with Gasteiger partial charge >= 0.3 is 17.9 Å². The van der Waals surface area contributed by atoms with E-state index in [2.05, 4.69) is 40.7 Å². The molecule has 0 N–H and O–H groups in total. The van der Waals surface area contributed by atoms with E-state index in [9.17, 15) is 14.4 Å². The molecular formula is C39H66INO6. The zero-order valence-electron chi connectivity index (χ0n) is 31.1. The van der Waals surface area contributed by atoms with Crippen molar-refractivity contribution in [3.63, 3.8) is 0 Å². The molecule has 0 aromatic carbocycles. The highest BCUT2D eigenvalue weighted by Gasteiger charge is 2.59. The Bertz CT molecular complexity index is 1120. The minimum Gasteiger partial charge on any atom is -1.00 e. The van der Waals surface area contributed by atoms with Gasteiger partial charge in [0.1, 0.15) is 19.3 Å². The normalized spacial score (nSPS) is 32.9. The fraction of sp³-hybridized carbons (Fsp3) is 0.872. The van der Waals surface area contributed by atoms with Gasteiger partial charge in [-0.25, -0.2) is 0 Å². The third-order valence-corrected chi connectivity index (χ3v) is 12.6. The van der Waals surface area contributed by atoms with Gasteiger partial charge in [0.2, 0.25) is 0 Å². The number of halogens is 1. The monoisotopic (exact) mass is 771 g/mol. The fourth-order valence-electron chi connectivity index (χ4n) is 10.4. The molecule has 7 nitrogen and oxygen atoms in total. The molecule has 47 heavy (non-hydrogen) atoms. The molecule has 0 heterocycles. The summed E-state index contributed by atoms with van der Waals surface area (Å²) in [5, 5.41) is 0. The maximum absolute atomic E-state index is 12.8. The van der Waals surface area contributed by atoms with Gasteiger partial charge in [0, 0.05) is 13.3 Å². The van der Waals surface area contributed by atoms with Crippen LogP contribution in [0.1, 0.15) is 125 Å². The second-order valence-electron chi connectivity index (χ2n) is 17.5. The van der Waals surface area contributed by atoms with Gasteiger partial charge < -0.3 is 42.7 Å². The van der Waals surface area contributed by atoms with Crippen LogP contribution in [0.2, 0.25) is 0 Å². The van der Waals surface area contributed by atoms with Crippen LogP contribution in [0.15, 0.2) is 11.6 Å². The first-order valence-electron chi connectivity index (χ1n) is 18.5. The summed E-state index contributed by atoms with van der Waals surface area (Å²) < 4.78 is 17.2. The zero-order valence-corrected chi connectivity index (χ0v) is 33.2. The highest BCUT2D eigenvalue weighted by Crippen LogP contribution is 2.67. The molecule has 4 aliphatic rings. The number of quaternary nitrogens is 1. The van der Waals surface area contributed by atoms with E-state index < -0.39 is 18.0 Å². The average Bonchev–Trinajstić information content (AvgIpc) is 3.31. The second-order valence-corrected chi connectivity index (χ2v) is 17.5. The lowest BCUT2D eigenvalue weighted by molar-refractivity contribution is -0.873. The molecule has 9 atom stereocenters. The fourth-order valence-corrected chi connectivity index (χ4v) is 10.4. The first kappa shape index (κ1) is 40.3. The van der Waals surface area contributed by atoms with E-state index in [0.717, 1.165) is 54.8 Å². The highest BCUT2D eigenvalue weighted by molar-refractivity contribution is 5.77. The van der Waals surface area contributed by atoms with Gasteiger partial charge in [-0.1, -0.05) is 65.5 Å². The Labute approximate surface area is 303 Å². The van der Waals surface area contributed by atoms with Crippen LogP contribution in [-0.2, 0) is 28.6 Å². The number of carbonyl (C=O) groups is 3. The van der Waals surface area contributed by atoms with Crippen LogP contribution < -0.4 is 24.0 Å². The summed E-state index contributed by atoms with van der Waals surface area (Å²) in [5.41, 5.74) is 2.20. The summed E-state index contributed by atoms with van der Waals surface area (Å²) in [6.45, 7) is 14.3. The summed E-state index contributed by atoms with van der Waals surface area (Å²) in [4.78, 5) is 36.6. The van der Waals surface area contributed by atoms with E-state index in [1.54, 1.807) is 0 Å². The molecule has 0 saturated heterocycles. The van der Waals surface area contributed by atoms with Gasteiger partial charge in [-0.3, -0.25) is 14.4 Å². The molecule has 3 fully saturated rings. The van der Waals surface area contributed by atoms with E-state index >= 15 is 0 Å². The number of nitrogens with zero attached hydrogens (tertiary/aromatic N) is 1. The number of likely N-dealkylation sites (N-methyl/N-ethyl adjacent to an activating group) is 1. The Kier molecular flexibility index (Phi) is 14.3. The second kappa shape index (κ2) is 16.7. The molecule has 4 aliphatic carbocycles. The molecule has 3 saturated carbocycles. The summed E-state index contributed by atoms with van der Waals surface area (Å²) >= 11 is 0. The zero-order chi connectivity index (χ0) is 33.9. The highest BCUT2D eigenvalue weighted by atomic mass is 127. The Morgan fingerprint density at radius 2 is 1.64 bits per heavy atom. The third-order valence-electron chi connectivity index (χ3n) is 12.6. The summed E-state index contributed by atoms with van der Waals surface area (Å²) in [5.74, 6) is 3.64. The topological polar surface area (TPSA) is 78.9 Å². The van der Waals surface area contributed by atoms with Crippen molar-refractivity contribution in [3.8, 4) is 0 Å². The van der Waals surface area contributed by atoms with Crippen molar-refractivity contribution < 1.29 is 57.1 Å². The molecule has 0 spiro atoms. The van der Waals surface area contributed by atoms with Crippen molar-refractivity contribution in [2.24, 2.45) is 46.3 Å². The first-order chi connectivity index (χ1) is 21.5. The molecule has 1 unspecified atom stereocenters. The first-order valence-corrected chi connectivity index (χ1v) is 18.5. The van der Waals surface area contributed by atoms with Crippen LogP contribution in [0.5, 0.6) is 0 Å². The van der Waals surface area contributed by atoms with Crippen LogP contribution in [-0.4, -0.2) is 68.9 Å². The molecule has 0 radical (unpaired) electrons. The van der Waals surface area contributed by atoms with Crippen molar-refractivity contribution in [1.29, 1.82) is 0 Å². The summed E-state index contributed by atoms with van der Waals surface area (Å²) in [6.07, 6.45) is 15.5. The standard InChI is InChI=1S/C39H66NO6.HI/c1-26(2)11-10-12-27(3)33-15-16-34-32-14-13-29-23-30(19-21-38(29,5)35(32)20-22-39(33,34)6)46-37(43)18-17-36(42)44-25-31(45-28(4)41)24-40(7,8)9;/h13,26-27,30-35H,10-12,14-25H2,1-9H3;1H/q+1;/p-1/t27-,30+,31?,32+,33-,34+,35+,38+,39-;/m1./s1. The molecule has 0 aliphatic heterocycles. The van der Waals surface area contributed by atoms with E-state index in [4.69, 9.17) is 14.2 Å². The number of carbonyl (C=O) groups excluding carboxylic acids is 3.